The Morgan fingerprint density at radius 1 is 0.893 bits per heavy atom. The fourth-order valence-electron chi connectivity index (χ4n) is 2.78. The van der Waals surface area contributed by atoms with Gasteiger partial charge in [0.1, 0.15) is 0 Å². The first-order valence-electron chi connectivity index (χ1n) is 8.83. The number of hydrogen-bond donors (Lipinski definition) is 2. The third-order valence-electron chi connectivity index (χ3n) is 4.31. The number of methoxy groups -OCH3 is 2. The molecule has 0 saturated carbocycles. The molecule has 6 nitrogen and oxygen atoms in total. The predicted molar refractivity (Wildman–Crippen MR) is 111 cm³/mol. The molecule has 1 amide bonds. The Balaban J connectivity index is 1.78. The lowest BCUT2D eigenvalue weighted by atomic mass is 10.1. The van der Waals surface area contributed by atoms with Crippen LogP contribution in [0.4, 0.5) is 17.1 Å². The van der Waals surface area contributed by atoms with Gasteiger partial charge in [-0.25, -0.2) is 0 Å². The summed E-state index contributed by atoms with van der Waals surface area (Å²) >= 11 is 0. The van der Waals surface area contributed by atoms with Crippen molar-refractivity contribution < 1.29 is 14.3 Å². The number of anilines is 3. The van der Waals surface area contributed by atoms with E-state index in [1.807, 2.05) is 50.2 Å². The maximum atomic E-state index is 12.7. The Hall–Kier alpha value is -3.54. The molecule has 0 aliphatic rings. The number of aryl methyl sites for hydroxylation is 2. The van der Waals surface area contributed by atoms with Crippen molar-refractivity contribution in [1.82, 2.24) is 4.98 Å². The lowest BCUT2D eigenvalue weighted by Gasteiger charge is -2.12. The number of carbonyl (C=O) groups excluding carboxylic acids is 1. The molecule has 6 heteroatoms. The van der Waals surface area contributed by atoms with E-state index in [4.69, 9.17) is 9.47 Å². The summed E-state index contributed by atoms with van der Waals surface area (Å²) in [5.74, 6) is 1.05. The first kappa shape index (κ1) is 19.2. The standard InChI is InChI=1S/C22H23N3O3/c1-14-5-6-15(2)19(9-14)25-22(26)16-10-18(13-23-12-16)24-17-7-8-20(27-3)21(11-17)28-4/h5-13,24H,1-4H3,(H,25,26). The van der Waals surface area contributed by atoms with Crippen LogP contribution in [-0.2, 0) is 0 Å². The summed E-state index contributed by atoms with van der Waals surface area (Å²) in [7, 11) is 3.17. The maximum absolute atomic E-state index is 12.7. The third kappa shape index (κ3) is 4.40. The van der Waals surface area contributed by atoms with Crippen LogP contribution in [0.2, 0.25) is 0 Å². The zero-order valence-corrected chi connectivity index (χ0v) is 16.4. The van der Waals surface area contributed by atoms with Crippen molar-refractivity contribution in [3.63, 3.8) is 0 Å². The number of aromatic nitrogens is 1. The molecular formula is C22H23N3O3. The number of hydrogen-bond acceptors (Lipinski definition) is 5. The molecule has 0 aliphatic carbocycles. The molecule has 2 aromatic carbocycles. The Morgan fingerprint density at radius 3 is 2.43 bits per heavy atom. The minimum absolute atomic E-state index is 0.211. The summed E-state index contributed by atoms with van der Waals surface area (Å²) in [5, 5.41) is 6.18. The van der Waals surface area contributed by atoms with Gasteiger partial charge in [-0.1, -0.05) is 12.1 Å². The zero-order chi connectivity index (χ0) is 20.1. The van der Waals surface area contributed by atoms with Crippen LogP contribution >= 0.6 is 0 Å². The van der Waals surface area contributed by atoms with Gasteiger partial charge in [0.2, 0.25) is 0 Å². The van der Waals surface area contributed by atoms with Gasteiger partial charge in [0.25, 0.3) is 5.91 Å². The molecule has 0 atom stereocenters. The molecule has 0 aliphatic heterocycles. The van der Waals surface area contributed by atoms with Crippen molar-refractivity contribution in [2.75, 3.05) is 24.9 Å². The Kier molecular flexibility index (Phi) is 5.79. The summed E-state index contributed by atoms with van der Waals surface area (Å²) in [4.78, 5) is 16.8. The van der Waals surface area contributed by atoms with E-state index in [0.717, 1.165) is 22.5 Å². The average molecular weight is 377 g/mol. The number of amides is 1. The highest BCUT2D eigenvalue weighted by Gasteiger charge is 2.10. The number of carbonyl (C=O) groups is 1. The molecule has 1 aromatic heterocycles. The van der Waals surface area contributed by atoms with Crippen LogP contribution < -0.4 is 20.1 Å². The van der Waals surface area contributed by atoms with E-state index in [9.17, 15) is 4.79 Å². The quantitative estimate of drug-likeness (QED) is 0.651. The smallest absolute Gasteiger partial charge is 0.257 e. The number of nitrogens with one attached hydrogen (secondary N) is 2. The second kappa shape index (κ2) is 8.43. The molecule has 3 aromatic rings. The van der Waals surface area contributed by atoms with Gasteiger partial charge in [-0.3, -0.25) is 9.78 Å². The van der Waals surface area contributed by atoms with Gasteiger partial charge in [-0.15, -0.1) is 0 Å². The molecule has 0 spiro atoms. The molecule has 144 valence electrons. The Labute approximate surface area is 164 Å². The van der Waals surface area contributed by atoms with Crippen LogP contribution in [0.3, 0.4) is 0 Å². The SMILES string of the molecule is COc1ccc(Nc2cncc(C(=O)Nc3cc(C)ccc3C)c2)cc1OC. The highest BCUT2D eigenvalue weighted by Crippen LogP contribution is 2.31. The topological polar surface area (TPSA) is 72.5 Å². The van der Waals surface area contributed by atoms with Crippen molar-refractivity contribution in [2.45, 2.75) is 13.8 Å². The van der Waals surface area contributed by atoms with Crippen molar-refractivity contribution in [3.8, 4) is 11.5 Å². The second-order valence-electron chi connectivity index (χ2n) is 6.43. The monoisotopic (exact) mass is 377 g/mol. The van der Waals surface area contributed by atoms with Crippen LogP contribution in [0.1, 0.15) is 21.5 Å². The number of nitrogens with zero attached hydrogens (tertiary/aromatic N) is 1. The van der Waals surface area contributed by atoms with E-state index in [0.29, 0.717) is 22.7 Å². The fraction of sp³-hybridized carbons (Fsp3) is 0.182. The second-order valence-corrected chi connectivity index (χ2v) is 6.43. The summed E-state index contributed by atoms with van der Waals surface area (Å²) in [6, 6.07) is 13.2. The van der Waals surface area contributed by atoms with Crippen LogP contribution in [0.25, 0.3) is 0 Å². The van der Waals surface area contributed by atoms with E-state index in [1.165, 1.54) is 0 Å². The molecule has 0 radical (unpaired) electrons. The number of rotatable bonds is 6. The largest absolute Gasteiger partial charge is 0.493 e. The summed E-state index contributed by atoms with van der Waals surface area (Å²) in [5.41, 5.74) is 4.84. The fourth-order valence-corrected chi connectivity index (χ4v) is 2.78. The van der Waals surface area contributed by atoms with Gasteiger partial charge in [0.05, 0.1) is 31.7 Å². The minimum Gasteiger partial charge on any atom is -0.493 e. The molecule has 0 saturated heterocycles. The van der Waals surface area contributed by atoms with Crippen LogP contribution in [0, 0.1) is 13.8 Å². The van der Waals surface area contributed by atoms with E-state index in [1.54, 1.807) is 32.7 Å². The minimum atomic E-state index is -0.211. The molecule has 3 rings (SSSR count). The lowest BCUT2D eigenvalue weighted by molar-refractivity contribution is 0.102. The van der Waals surface area contributed by atoms with Crippen molar-refractivity contribution in [3.05, 3.63) is 71.5 Å². The van der Waals surface area contributed by atoms with Gasteiger partial charge >= 0.3 is 0 Å². The maximum Gasteiger partial charge on any atom is 0.257 e. The first-order valence-corrected chi connectivity index (χ1v) is 8.83. The highest BCUT2D eigenvalue weighted by atomic mass is 16.5. The van der Waals surface area contributed by atoms with E-state index >= 15 is 0 Å². The van der Waals surface area contributed by atoms with Gasteiger partial charge < -0.3 is 20.1 Å². The summed E-state index contributed by atoms with van der Waals surface area (Å²) in [6.45, 7) is 3.95. The highest BCUT2D eigenvalue weighted by molar-refractivity contribution is 6.05. The van der Waals surface area contributed by atoms with Gasteiger partial charge in [-0.05, 0) is 49.2 Å². The molecule has 0 fully saturated rings. The molecular weight excluding hydrogens is 354 g/mol. The van der Waals surface area contributed by atoms with Crippen molar-refractivity contribution in [2.24, 2.45) is 0 Å². The zero-order valence-electron chi connectivity index (χ0n) is 16.4. The van der Waals surface area contributed by atoms with Gasteiger partial charge in [-0.2, -0.15) is 0 Å². The van der Waals surface area contributed by atoms with Crippen molar-refractivity contribution >= 4 is 23.0 Å². The number of benzene rings is 2. The normalized spacial score (nSPS) is 10.3. The first-order chi connectivity index (χ1) is 13.5. The summed E-state index contributed by atoms with van der Waals surface area (Å²) in [6.07, 6.45) is 3.20. The molecule has 2 N–H and O–H groups in total. The van der Waals surface area contributed by atoms with Gasteiger partial charge in [0, 0.05) is 23.6 Å². The Morgan fingerprint density at radius 2 is 1.68 bits per heavy atom. The number of ether oxygens (including phenoxy) is 2. The number of pyridine rings is 1. The van der Waals surface area contributed by atoms with E-state index < -0.39 is 0 Å². The molecule has 28 heavy (non-hydrogen) atoms. The van der Waals surface area contributed by atoms with Crippen molar-refractivity contribution in [1.29, 1.82) is 0 Å². The third-order valence-corrected chi connectivity index (χ3v) is 4.31. The average Bonchev–Trinajstić information content (AvgIpc) is 2.70. The molecule has 0 bridgehead atoms. The Bertz CT molecular complexity index is 1000. The molecule has 1 heterocycles. The van der Waals surface area contributed by atoms with E-state index in [-0.39, 0.29) is 5.91 Å². The van der Waals surface area contributed by atoms with Crippen LogP contribution in [-0.4, -0.2) is 25.1 Å². The van der Waals surface area contributed by atoms with E-state index in [2.05, 4.69) is 15.6 Å². The van der Waals surface area contributed by atoms with Crippen LogP contribution in [0.5, 0.6) is 11.5 Å². The molecule has 0 unspecified atom stereocenters. The summed E-state index contributed by atoms with van der Waals surface area (Å²) < 4.78 is 10.6. The lowest BCUT2D eigenvalue weighted by Crippen LogP contribution is -2.13. The van der Waals surface area contributed by atoms with Gasteiger partial charge in [0.15, 0.2) is 11.5 Å². The van der Waals surface area contributed by atoms with Crippen LogP contribution in [0.15, 0.2) is 54.9 Å². The predicted octanol–water partition coefficient (Wildman–Crippen LogP) is 4.71.